The number of rotatable bonds is 2. The van der Waals surface area contributed by atoms with Gasteiger partial charge in [-0.15, -0.1) is 0 Å². The van der Waals surface area contributed by atoms with E-state index < -0.39 is 17.5 Å². The third kappa shape index (κ3) is 2.11. The van der Waals surface area contributed by atoms with Crippen molar-refractivity contribution in [1.82, 2.24) is 9.55 Å². The summed E-state index contributed by atoms with van der Waals surface area (Å²) in [7, 11) is 0. The third-order valence-electron chi connectivity index (χ3n) is 2.50. The highest BCUT2D eigenvalue weighted by Gasteiger charge is 2.34. The van der Waals surface area contributed by atoms with Crippen LogP contribution in [0.4, 0.5) is 0 Å². The fourth-order valence-electron chi connectivity index (χ4n) is 1.68. The largest absolute Gasteiger partial charge is 0.394 e. The van der Waals surface area contributed by atoms with Gasteiger partial charge in [-0.2, -0.15) is 0 Å². The molecule has 2 heterocycles. The van der Waals surface area contributed by atoms with E-state index in [1.165, 1.54) is 16.8 Å². The van der Waals surface area contributed by atoms with Gasteiger partial charge >= 0.3 is 5.69 Å². The van der Waals surface area contributed by atoms with Crippen LogP contribution in [0.5, 0.6) is 0 Å². The summed E-state index contributed by atoms with van der Waals surface area (Å²) in [5.74, 6) is 0. The van der Waals surface area contributed by atoms with Crippen molar-refractivity contribution in [1.29, 1.82) is 0 Å². The number of hydrogen-bond donors (Lipinski definition) is 2. The van der Waals surface area contributed by atoms with E-state index >= 15 is 0 Å². The second-order valence-electron chi connectivity index (χ2n) is 3.58. The van der Waals surface area contributed by atoms with Crippen molar-refractivity contribution in [2.24, 2.45) is 0 Å². The van der Waals surface area contributed by atoms with Crippen molar-refractivity contribution in [3.8, 4) is 0 Å². The molecule has 1 fully saturated rings. The van der Waals surface area contributed by atoms with E-state index in [0.717, 1.165) is 0 Å². The van der Waals surface area contributed by atoms with Crippen LogP contribution in [0.3, 0.4) is 0 Å². The molecule has 0 bridgehead atoms. The zero-order chi connectivity index (χ0) is 11.7. The van der Waals surface area contributed by atoms with Gasteiger partial charge in [0.05, 0.1) is 12.7 Å². The molecule has 88 valence electrons. The van der Waals surface area contributed by atoms with Gasteiger partial charge in [0.1, 0.15) is 6.23 Å². The maximum absolute atomic E-state index is 11.5. The van der Waals surface area contributed by atoms with Gasteiger partial charge in [-0.1, -0.05) is 15.9 Å². The molecular weight excluding hydrogens is 280 g/mol. The van der Waals surface area contributed by atoms with Gasteiger partial charge in [0.15, 0.2) is 0 Å². The van der Waals surface area contributed by atoms with Gasteiger partial charge in [-0.3, -0.25) is 14.3 Å². The quantitative estimate of drug-likeness (QED) is 0.725. The first-order valence-electron chi connectivity index (χ1n) is 4.83. The summed E-state index contributed by atoms with van der Waals surface area (Å²) in [6.07, 6.45) is 1.18. The predicted octanol–water partition coefficient (Wildman–Crippen LogP) is -0.420. The minimum atomic E-state index is -0.504. The molecule has 0 amide bonds. The standard InChI is InChI=1S/C9H11BrN2O4/c10-5-3-8(16-6(5)4-13)12-2-1-7(14)11-9(12)15/h1-2,5-6,8,13H,3-4H2,(H,11,14,15). The Bertz CT molecular complexity index is 483. The molecule has 0 radical (unpaired) electrons. The van der Waals surface area contributed by atoms with E-state index in [1.807, 2.05) is 0 Å². The number of hydrogen-bond acceptors (Lipinski definition) is 4. The fourth-order valence-corrected chi connectivity index (χ4v) is 2.29. The number of aromatic amines is 1. The summed E-state index contributed by atoms with van der Waals surface area (Å²) in [4.78, 5) is 24.5. The van der Waals surface area contributed by atoms with Crippen molar-refractivity contribution < 1.29 is 9.84 Å². The summed E-state index contributed by atoms with van der Waals surface area (Å²) in [6, 6.07) is 1.26. The Morgan fingerprint density at radius 1 is 1.62 bits per heavy atom. The summed E-state index contributed by atoms with van der Waals surface area (Å²) in [6.45, 7) is -0.107. The van der Waals surface area contributed by atoms with Crippen LogP contribution in [0.2, 0.25) is 0 Å². The minimum Gasteiger partial charge on any atom is -0.394 e. The summed E-state index contributed by atoms with van der Waals surface area (Å²) >= 11 is 3.37. The molecule has 1 aromatic heterocycles. The molecule has 3 unspecified atom stereocenters. The third-order valence-corrected chi connectivity index (χ3v) is 3.47. The first-order valence-corrected chi connectivity index (χ1v) is 5.75. The van der Waals surface area contributed by atoms with Crippen molar-refractivity contribution in [2.75, 3.05) is 6.61 Å². The topological polar surface area (TPSA) is 84.3 Å². The number of aliphatic hydroxyl groups is 1. The van der Waals surface area contributed by atoms with Gasteiger partial charge in [-0.05, 0) is 0 Å². The fraction of sp³-hybridized carbons (Fsp3) is 0.556. The Morgan fingerprint density at radius 2 is 2.38 bits per heavy atom. The average molecular weight is 291 g/mol. The highest BCUT2D eigenvalue weighted by molar-refractivity contribution is 9.09. The molecule has 7 heteroatoms. The lowest BCUT2D eigenvalue weighted by Gasteiger charge is -2.13. The number of H-pyrrole nitrogens is 1. The maximum Gasteiger partial charge on any atom is 0.330 e. The number of nitrogens with zero attached hydrogens (tertiary/aromatic N) is 1. The van der Waals surface area contributed by atoms with Crippen LogP contribution in [-0.2, 0) is 4.74 Å². The molecule has 1 aromatic rings. The van der Waals surface area contributed by atoms with E-state index in [9.17, 15) is 9.59 Å². The molecule has 0 saturated carbocycles. The molecule has 2 rings (SSSR count). The first kappa shape index (κ1) is 11.6. The summed E-state index contributed by atoms with van der Waals surface area (Å²) < 4.78 is 6.78. The van der Waals surface area contributed by atoms with Crippen molar-refractivity contribution in [2.45, 2.75) is 23.6 Å². The van der Waals surface area contributed by atoms with Gasteiger partial charge in [0.2, 0.25) is 0 Å². The van der Waals surface area contributed by atoms with Crippen molar-refractivity contribution in [3.05, 3.63) is 33.1 Å². The maximum atomic E-state index is 11.5. The smallest absolute Gasteiger partial charge is 0.330 e. The highest BCUT2D eigenvalue weighted by Crippen LogP contribution is 2.31. The normalized spacial score (nSPS) is 29.5. The van der Waals surface area contributed by atoms with Crippen molar-refractivity contribution >= 4 is 15.9 Å². The minimum absolute atomic E-state index is 0.00123. The van der Waals surface area contributed by atoms with Crippen molar-refractivity contribution in [3.63, 3.8) is 0 Å². The number of alkyl halides is 1. The van der Waals surface area contributed by atoms with Gasteiger partial charge in [-0.25, -0.2) is 4.79 Å². The van der Waals surface area contributed by atoms with Crippen LogP contribution in [-0.4, -0.2) is 32.2 Å². The summed E-state index contributed by atoms with van der Waals surface area (Å²) in [5, 5.41) is 9.01. The molecule has 0 spiro atoms. The van der Waals surface area contributed by atoms with Crippen LogP contribution in [0.25, 0.3) is 0 Å². The lowest BCUT2D eigenvalue weighted by molar-refractivity contribution is -0.0235. The van der Waals surface area contributed by atoms with E-state index in [1.54, 1.807) is 0 Å². The van der Waals surface area contributed by atoms with Crippen LogP contribution >= 0.6 is 15.9 Å². The molecule has 3 atom stereocenters. The highest BCUT2D eigenvalue weighted by atomic mass is 79.9. The Morgan fingerprint density at radius 3 is 2.94 bits per heavy atom. The molecule has 1 aliphatic rings. The average Bonchev–Trinajstić information content (AvgIpc) is 2.59. The van der Waals surface area contributed by atoms with E-state index in [0.29, 0.717) is 6.42 Å². The number of halogens is 1. The van der Waals surface area contributed by atoms with Crippen LogP contribution in [0.15, 0.2) is 21.9 Å². The predicted molar refractivity (Wildman–Crippen MR) is 59.7 cm³/mol. The number of aliphatic hydroxyl groups excluding tert-OH is 1. The summed E-state index contributed by atoms with van der Waals surface area (Å²) in [5.41, 5.74) is -0.941. The number of aromatic nitrogens is 2. The molecule has 1 saturated heterocycles. The Balaban J connectivity index is 2.27. The van der Waals surface area contributed by atoms with E-state index in [2.05, 4.69) is 20.9 Å². The lowest BCUT2D eigenvalue weighted by atomic mass is 10.2. The second-order valence-corrected chi connectivity index (χ2v) is 4.76. The molecule has 16 heavy (non-hydrogen) atoms. The number of nitrogens with one attached hydrogen (secondary N) is 1. The SMILES string of the molecule is O=c1ccn(C2CC(Br)C(CO)O2)c(=O)[nH]1. The number of ether oxygens (including phenoxy) is 1. The van der Waals surface area contributed by atoms with E-state index in [-0.39, 0.29) is 17.5 Å². The van der Waals surface area contributed by atoms with Gasteiger partial charge in [0.25, 0.3) is 5.56 Å². The van der Waals surface area contributed by atoms with Gasteiger partial charge < -0.3 is 9.84 Å². The molecule has 6 nitrogen and oxygen atoms in total. The van der Waals surface area contributed by atoms with Gasteiger partial charge in [0, 0.05) is 23.5 Å². The molecule has 0 aromatic carbocycles. The van der Waals surface area contributed by atoms with Crippen LogP contribution in [0.1, 0.15) is 12.6 Å². The molecular formula is C9H11BrN2O4. The van der Waals surface area contributed by atoms with Crippen LogP contribution < -0.4 is 11.2 Å². The molecule has 0 aliphatic carbocycles. The Kier molecular flexibility index (Phi) is 3.27. The van der Waals surface area contributed by atoms with E-state index in [4.69, 9.17) is 9.84 Å². The Hall–Kier alpha value is -0.920. The molecule has 2 N–H and O–H groups in total. The Labute approximate surface area is 99.0 Å². The zero-order valence-corrected chi connectivity index (χ0v) is 9.88. The van der Waals surface area contributed by atoms with Crippen LogP contribution in [0, 0.1) is 0 Å². The second kappa shape index (κ2) is 4.52. The molecule has 1 aliphatic heterocycles. The first-order chi connectivity index (χ1) is 7.61. The monoisotopic (exact) mass is 290 g/mol. The zero-order valence-electron chi connectivity index (χ0n) is 8.30. The lowest BCUT2D eigenvalue weighted by Crippen LogP contribution is -2.31.